The molecular formula is C15H16F3NO3. The van der Waals surface area contributed by atoms with Crippen molar-refractivity contribution in [2.75, 3.05) is 20.7 Å². The Bertz CT molecular complexity index is 592. The second-order valence-electron chi connectivity index (χ2n) is 4.63. The van der Waals surface area contributed by atoms with Crippen molar-refractivity contribution >= 4 is 11.8 Å². The van der Waals surface area contributed by atoms with Crippen LogP contribution in [-0.2, 0) is 15.7 Å². The van der Waals surface area contributed by atoms with E-state index < -0.39 is 23.5 Å². The summed E-state index contributed by atoms with van der Waals surface area (Å²) in [5.41, 5.74) is -1.51. The molecule has 0 saturated carbocycles. The van der Waals surface area contributed by atoms with Gasteiger partial charge >= 0.3 is 12.1 Å². The molecule has 1 aromatic carbocycles. The molecule has 4 nitrogen and oxygen atoms in total. The third-order valence-corrected chi connectivity index (χ3v) is 2.58. The largest absolute Gasteiger partial charge is 0.462 e. The molecule has 0 N–H and O–H groups in total. The highest BCUT2D eigenvalue weighted by Gasteiger charge is 2.31. The van der Waals surface area contributed by atoms with Gasteiger partial charge in [0.15, 0.2) is 0 Å². The highest BCUT2D eigenvalue weighted by atomic mass is 19.4. The van der Waals surface area contributed by atoms with E-state index in [4.69, 9.17) is 4.74 Å². The molecule has 7 heteroatoms. The average Bonchev–Trinajstić information content (AvgIpc) is 2.43. The summed E-state index contributed by atoms with van der Waals surface area (Å²) in [6, 6.07) is 3.91. The standard InChI is InChI=1S/C15H16F3NO3/c1-4-22-14(21)12(9-19(2)3)13(20)10-6-5-7-11(8-10)15(16,17)18/h5-9H,4H2,1-3H3. The molecule has 0 unspecified atom stereocenters. The van der Waals surface area contributed by atoms with Crippen molar-refractivity contribution in [1.29, 1.82) is 0 Å². The summed E-state index contributed by atoms with van der Waals surface area (Å²) in [6.45, 7) is 1.62. The second kappa shape index (κ2) is 7.11. The summed E-state index contributed by atoms with van der Waals surface area (Å²) in [6.07, 6.45) is -3.34. The number of benzene rings is 1. The van der Waals surface area contributed by atoms with E-state index >= 15 is 0 Å². The van der Waals surface area contributed by atoms with Crippen molar-refractivity contribution in [2.24, 2.45) is 0 Å². The molecule has 0 aliphatic rings. The Morgan fingerprint density at radius 2 is 1.91 bits per heavy atom. The number of Topliss-reactive ketones (excluding diaryl/α,β-unsaturated/α-hetero) is 1. The molecule has 0 saturated heterocycles. The Morgan fingerprint density at radius 1 is 1.27 bits per heavy atom. The lowest BCUT2D eigenvalue weighted by Gasteiger charge is -2.12. The molecular weight excluding hydrogens is 299 g/mol. The maximum atomic E-state index is 12.7. The Hall–Kier alpha value is -2.31. The summed E-state index contributed by atoms with van der Waals surface area (Å²) in [5.74, 6) is -1.70. The van der Waals surface area contributed by atoms with E-state index in [-0.39, 0.29) is 17.7 Å². The van der Waals surface area contributed by atoms with Crippen molar-refractivity contribution in [1.82, 2.24) is 4.90 Å². The van der Waals surface area contributed by atoms with E-state index in [0.717, 1.165) is 12.1 Å². The Morgan fingerprint density at radius 3 is 2.41 bits per heavy atom. The Labute approximate surface area is 126 Å². The molecule has 1 aromatic rings. The first-order valence-corrected chi connectivity index (χ1v) is 6.44. The van der Waals surface area contributed by atoms with Gasteiger partial charge < -0.3 is 9.64 Å². The van der Waals surface area contributed by atoms with Crippen molar-refractivity contribution in [3.8, 4) is 0 Å². The van der Waals surface area contributed by atoms with Crippen LogP contribution in [0.3, 0.4) is 0 Å². The number of carbonyl (C=O) groups excluding carboxylic acids is 2. The predicted octanol–water partition coefficient (Wildman–Crippen LogP) is 2.90. The zero-order chi connectivity index (χ0) is 16.9. The van der Waals surface area contributed by atoms with Gasteiger partial charge in [0.2, 0.25) is 5.78 Å². The summed E-state index contributed by atoms with van der Waals surface area (Å²) < 4.78 is 42.9. The average molecular weight is 315 g/mol. The number of hydrogen-bond acceptors (Lipinski definition) is 4. The number of nitrogens with zero attached hydrogens (tertiary/aromatic N) is 1. The van der Waals surface area contributed by atoms with Crippen molar-refractivity contribution in [3.63, 3.8) is 0 Å². The summed E-state index contributed by atoms with van der Waals surface area (Å²) in [5, 5.41) is 0. The van der Waals surface area contributed by atoms with Crippen LogP contribution in [0.25, 0.3) is 0 Å². The Kier molecular flexibility index (Phi) is 5.73. The lowest BCUT2D eigenvalue weighted by atomic mass is 10.0. The summed E-state index contributed by atoms with van der Waals surface area (Å²) >= 11 is 0. The number of hydrogen-bond donors (Lipinski definition) is 0. The maximum Gasteiger partial charge on any atom is 0.416 e. The third kappa shape index (κ3) is 4.61. The molecule has 0 bridgehead atoms. The van der Waals surface area contributed by atoms with Crippen molar-refractivity contribution in [2.45, 2.75) is 13.1 Å². The minimum absolute atomic E-state index is 0.0550. The van der Waals surface area contributed by atoms with Gasteiger partial charge in [0.1, 0.15) is 5.57 Å². The number of alkyl halides is 3. The van der Waals surface area contributed by atoms with Gasteiger partial charge in [-0.2, -0.15) is 13.2 Å². The van der Waals surface area contributed by atoms with E-state index in [9.17, 15) is 22.8 Å². The first kappa shape index (κ1) is 17.7. The molecule has 0 heterocycles. The van der Waals surface area contributed by atoms with E-state index in [2.05, 4.69) is 0 Å². The SMILES string of the molecule is CCOC(=O)C(=CN(C)C)C(=O)c1cccc(C(F)(F)F)c1. The summed E-state index contributed by atoms with van der Waals surface area (Å²) in [4.78, 5) is 25.6. The number of halogens is 3. The van der Waals surface area contributed by atoms with Crippen molar-refractivity contribution < 1.29 is 27.5 Å². The lowest BCUT2D eigenvalue weighted by Crippen LogP contribution is -2.20. The fraction of sp³-hybridized carbons (Fsp3) is 0.333. The molecule has 22 heavy (non-hydrogen) atoms. The van der Waals surface area contributed by atoms with E-state index in [1.54, 1.807) is 21.0 Å². The lowest BCUT2D eigenvalue weighted by molar-refractivity contribution is -0.138. The van der Waals surface area contributed by atoms with Crippen LogP contribution < -0.4 is 0 Å². The van der Waals surface area contributed by atoms with Gasteiger partial charge in [-0.15, -0.1) is 0 Å². The fourth-order valence-electron chi connectivity index (χ4n) is 1.66. The minimum atomic E-state index is -4.56. The number of carbonyl (C=O) groups is 2. The predicted molar refractivity (Wildman–Crippen MR) is 74.2 cm³/mol. The molecule has 0 spiro atoms. The topological polar surface area (TPSA) is 46.6 Å². The molecule has 0 radical (unpaired) electrons. The number of ketones is 1. The van der Waals surface area contributed by atoms with Gasteiger partial charge in [-0.25, -0.2) is 4.79 Å². The third-order valence-electron chi connectivity index (χ3n) is 2.58. The van der Waals surface area contributed by atoms with Gasteiger partial charge in [-0.05, 0) is 19.1 Å². The molecule has 0 aliphatic heterocycles. The second-order valence-corrected chi connectivity index (χ2v) is 4.63. The molecule has 0 aliphatic carbocycles. The monoisotopic (exact) mass is 315 g/mol. The number of ether oxygens (including phenoxy) is 1. The molecule has 1 rings (SSSR count). The Balaban J connectivity index is 3.23. The van der Waals surface area contributed by atoms with Gasteiger partial charge in [0.25, 0.3) is 0 Å². The van der Waals surface area contributed by atoms with Gasteiger partial charge in [0, 0.05) is 25.9 Å². The number of esters is 1. The van der Waals surface area contributed by atoms with Crippen LogP contribution in [0.2, 0.25) is 0 Å². The number of rotatable bonds is 5. The van der Waals surface area contributed by atoms with Crippen LogP contribution in [0, 0.1) is 0 Å². The minimum Gasteiger partial charge on any atom is -0.462 e. The molecule has 0 amide bonds. The van der Waals surface area contributed by atoms with Crippen LogP contribution in [0.15, 0.2) is 36.0 Å². The molecule has 0 atom stereocenters. The fourth-order valence-corrected chi connectivity index (χ4v) is 1.66. The van der Waals surface area contributed by atoms with Crippen LogP contribution in [0.4, 0.5) is 13.2 Å². The van der Waals surface area contributed by atoms with Crippen LogP contribution in [0.1, 0.15) is 22.8 Å². The highest BCUT2D eigenvalue weighted by Crippen LogP contribution is 2.30. The molecule has 0 aromatic heterocycles. The van der Waals surface area contributed by atoms with Gasteiger partial charge in [0.05, 0.1) is 12.2 Å². The highest BCUT2D eigenvalue weighted by molar-refractivity contribution is 6.24. The van der Waals surface area contributed by atoms with Gasteiger partial charge in [-0.3, -0.25) is 4.79 Å². The zero-order valence-corrected chi connectivity index (χ0v) is 12.4. The molecule has 120 valence electrons. The van der Waals surface area contributed by atoms with Crippen LogP contribution in [0.5, 0.6) is 0 Å². The summed E-state index contributed by atoms with van der Waals surface area (Å²) in [7, 11) is 3.16. The normalized spacial score (nSPS) is 12.0. The van der Waals surface area contributed by atoms with Crippen LogP contribution in [-0.4, -0.2) is 37.4 Å². The zero-order valence-electron chi connectivity index (χ0n) is 12.4. The van der Waals surface area contributed by atoms with E-state index in [0.29, 0.717) is 6.07 Å². The van der Waals surface area contributed by atoms with Crippen LogP contribution >= 0.6 is 0 Å². The quantitative estimate of drug-likeness (QED) is 0.276. The molecule has 0 fully saturated rings. The van der Waals surface area contributed by atoms with Gasteiger partial charge in [-0.1, -0.05) is 12.1 Å². The smallest absolute Gasteiger partial charge is 0.416 e. The van der Waals surface area contributed by atoms with E-state index in [1.165, 1.54) is 17.2 Å². The first-order valence-electron chi connectivity index (χ1n) is 6.44. The maximum absolute atomic E-state index is 12.7. The van der Waals surface area contributed by atoms with E-state index in [1.807, 2.05) is 0 Å². The van der Waals surface area contributed by atoms with Crippen molar-refractivity contribution in [3.05, 3.63) is 47.2 Å². The first-order chi connectivity index (χ1) is 10.2.